The normalized spacial score (nSPS) is 12.3. The average Bonchev–Trinajstić information content (AvgIpc) is 2.62. The molecule has 0 amide bonds. The van der Waals surface area contributed by atoms with Crippen molar-refractivity contribution in [3.8, 4) is 0 Å². The van der Waals surface area contributed by atoms with Gasteiger partial charge in [0.1, 0.15) is 0 Å². The Hall–Kier alpha value is -1.48. The van der Waals surface area contributed by atoms with Crippen molar-refractivity contribution in [2.75, 3.05) is 12.6 Å². The fraction of sp³-hybridized carbons (Fsp3) is 0.100. The van der Waals surface area contributed by atoms with Gasteiger partial charge in [-0.2, -0.15) is 0 Å². The summed E-state index contributed by atoms with van der Waals surface area (Å²) >= 11 is 0. The van der Waals surface area contributed by atoms with Gasteiger partial charge in [0.15, 0.2) is 0 Å². The van der Waals surface area contributed by atoms with E-state index in [1.807, 2.05) is 0 Å². The van der Waals surface area contributed by atoms with E-state index < -0.39 is 0 Å². The quantitative estimate of drug-likeness (QED) is 0.606. The highest BCUT2D eigenvalue weighted by molar-refractivity contribution is 7.85. The highest BCUT2D eigenvalue weighted by Gasteiger charge is 2.17. The third-order valence-corrected chi connectivity index (χ3v) is 9.54. The zero-order chi connectivity index (χ0) is 15.2. The van der Waals surface area contributed by atoms with Crippen molar-refractivity contribution in [1.29, 1.82) is 0 Å². The van der Waals surface area contributed by atoms with E-state index >= 15 is 0 Å². The average molecular weight is 322 g/mol. The summed E-state index contributed by atoms with van der Waals surface area (Å²) in [6, 6.07) is 32.9. The summed E-state index contributed by atoms with van der Waals surface area (Å²) < 4.78 is 0. The van der Waals surface area contributed by atoms with Crippen molar-refractivity contribution >= 4 is 31.8 Å². The van der Waals surface area contributed by atoms with E-state index in [0.29, 0.717) is 0 Å². The van der Waals surface area contributed by atoms with Gasteiger partial charge in [0.2, 0.25) is 0 Å². The van der Waals surface area contributed by atoms with Gasteiger partial charge in [0.25, 0.3) is 0 Å². The van der Waals surface area contributed by atoms with Crippen molar-refractivity contribution in [3.63, 3.8) is 0 Å². The maximum atomic E-state index is 2.41. The number of benzene rings is 3. The molecule has 0 aliphatic heterocycles. The van der Waals surface area contributed by atoms with Crippen molar-refractivity contribution in [2.45, 2.75) is 0 Å². The third-order valence-electron chi connectivity index (χ3n) is 3.69. The Balaban J connectivity index is 1.90. The van der Waals surface area contributed by atoms with Gasteiger partial charge in [0.05, 0.1) is 0 Å². The second-order valence-corrected chi connectivity index (χ2v) is 10.2. The molecular weight excluding hydrogens is 302 g/mol. The molecule has 0 aliphatic carbocycles. The fourth-order valence-electron chi connectivity index (χ4n) is 2.50. The Morgan fingerprint density at radius 2 is 0.909 bits per heavy atom. The fourth-order valence-corrected chi connectivity index (χ4v) is 8.20. The topological polar surface area (TPSA) is 0 Å². The zero-order valence-electron chi connectivity index (χ0n) is 12.8. The smallest absolute Gasteiger partial charge is 0.000216 e. The van der Waals surface area contributed by atoms with E-state index in [-0.39, 0.29) is 15.8 Å². The summed E-state index contributed by atoms with van der Waals surface area (Å²) in [5.74, 6) is 1.25. The highest BCUT2D eigenvalue weighted by Crippen LogP contribution is 2.46. The lowest BCUT2D eigenvalue weighted by Gasteiger charge is -2.23. The van der Waals surface area contributed by atoms with Gasteiger partial charge >= 0.3 is 0 Å². The molecule has 0 nitrogen and oxygen atoms in total. The minimum absolute atomic E-state index is 0.133. The van der Waals surface area contributed by atoms with Crippen molar-refractivity contribution < 1.29 is 0 Å². The van der Waals surface area contributed by atoms with Gasteiger partial charge in [-0.05, 0) is 36.4 Å². The van der Waals surface area contributed by atoms with Crippen LogP contribution in [0.3, 0.4) is 0 Å². The molecule has 110 valence electrons. The van der Waals surface area contributed by atoms with Crippen LogP contribution in [-0.2, 0) is 0 Å². The molecule has 1 atom stereocenters. The first kappa shape index (κ1) is 15.4. The lowest BCUT2D eigenvalue weighted by molar-refractivity contribution is 1.74. The summed E-state index contributed by atoms with van der Waals surface area (Å²) in [6.45, 7) is 2.41. The predicted molar refractivity (Wildman–Crippen MR) is 103 cm³/mol. The van der Waals surface area contributed by atoms with E-state index in [1.165, 1.54) is 21.8 Å². The second-order valence-electron chi connectivity index (χ2n) is 5.27. The monoisotopic (exact) mass is 322 g/mol. The Morgan fingerprint density at radius 1 is 0.545 bits per heavy atom. The van der Waals surface area contributed by atoms with Crippen LogP contribution in [0.2, 0.25) is 0 Å². The van der Waals surface area contributed by atoms with Crippen LogP contribution < -0.4 is 15.9 Å². The van der Waals surface area contributed by atoms with Crippen LogP contribution in [-0.4, -0.2) is 12.6 Å². The predicted octanol–water partition coefficient (Wildman–Crippen LogP) is 4.51. The van der Waals surface area contributed by atoms with E-state index in [1.54, 1.807) is 0 Å². The number of rotatable bonds is 5. The van der Waals surface area contributed by atoms with E-state index in [4.69, 9.17) is 0 Å². The molecule has 0 spiro atoms. The lowest BCUT2D eigenvalue weighted by Crippen LogP contribution is -2.15. The van der Waals surface area contributed by atoms with Crippen LogP contribution in [0.1, 0.15) is 0 Å². The van der Waals surface area contributed by atoms with Crippen LogP contribution in [0.15, 0.2) is 91.0 Å². The number of hydrogen-bond donors (Lipinski definition) is 0. The Kier molecular flexibility index (Phi) is 5.38. The standard InChI is InChI=1S/C20H20P2/c1-21(18-11-5-2-6-12-18)17-22(19-13-7-3-8-14-19)20-15-9-4-10-16-20/h2-16H,17H2,1H3. The minimum Gasteiger partial charge on any atom is -0.0735 e. The van der Waals surface area contributed by atoms with Gasteiger partial charge < -0.3 is 0 Å². The molecule has 0 radical (unpaired) electrons. The van der Waals surface area contributed by atoms with Gasteiger partial charge in [-0.25, -0.2) is 0 Å². The molecule has 0 aromatic heterocycles. The van der Waals surface area contributed by atoms with Gasteiger partial charge in [-0.1, -0.05) is 98.9 Å². The second kappa shape index (κ2) is 7.68. The van der Waals surface area contributed by atoms with Crippen molar-refractivity contribution in [3.05, 3.63) is 91.0 Å². The molecule has 1 unspecified atom stereocenters. The minimum atomic E-state index is -0.285. The summed E-state index contributed by atoms with van der Waals surface area (Å²) in [4.78, 5) is 0. The molecule has 0 bridgehead atoms. The molecule has 3 aromatic rings. The van der Waals surface area contributed by atoms with E-state index in [2.05, 4.69) is 97.7 Å². The molecule has 22 heavy (non-hydrogen) atoms. The van der Waals surface area contributed by atoms with Gasteiger partial charge in [-0.15, -0.1) is 0 Å². The largest absolute Gasteiger partial charge is 0.0735 e. The molecule has 0 fully saturated rings. The van der Waals surface area contributed by atoms with Crippen LogP contribution in [0.4, 0.5) is 0 Å². The molecule has 0 saturated carbocycles. The summed E-state index contributed by atoms with van der Waals surface area (Å²) in [5.41, 5.74) is 0. The Morgan fingerprint density at radius 3 is 1.32 bits per heavy atom. The van der Waals surface area contributed by atoms with Crippen molar-refractivity contribution in [1.82, 2.24) is 0 Å². The van der Waals surface area contributed by atoms with Crippen LogP contribution in [0.25, 0.3) is 0 Å². The van der Waals surface area contributed by atoms with Crippen LogP contribution in [0.5, 0.6) is 0 Å². The Bertz CT molecular complexity index is 641. The molecule has 2 heteroatoms. The van der Waals surface area contributed by atoms with Crippen molar-refractivity contribution in [2.24, 2.45) is 0 Å². The van der Waals surface area contributed by atoms with E-state index in [9.17, 15) is 0 Å². The van der Waals surface area contributed by atoms with Gasteiger partial charge in [-0.3, -0.25) is 0 Å². The molecule has 0 aliphatic rings. The lowest BCUT2D eigenvalue weighted by atomic mass is 10.4. The molecule has 3 rings (SSSR count). The maximum absolute atomic E-state index is 2.41. The maximum Gasteiger partial charge on any atom is -0.000216 e. The molecule has 0 heterocycles. The molecular formula is C20H20P2. The van der Waals surface area contributed by atoms with Gasteiger partial charge in [0, 0.05) is 0 Å². The van der Waals surface area contributed by atoms with E-state index in [0.717, 1.165) is 0 Å². The van der Waals surface area contributed by atoms with Crippen LogP contribution >= 0.6 is 15.8 Å². The first-order valence-electron chi connectivity index (χ1n) is 7.48. The molecule has 0 saturated heterocycles. The first-order chi connectivity index (χ1) is 10.8. The molecule has 0 N–H and O–H groups in total. The molecule has 3 aromatic carbocycles. The van der Waals surface area contributed by atoms with Crippen LogP contribution in [0, 0.1) is 0 Å². The number of hydrogen-bond acceptors (Lipinski definition) is 0. The first-order valence-corrected chi connectivity index (χ1v) is 11.0. The Labute approximate surface area is 135 Å². The SMILES string of the molecule is CP(CP(c1ccccc1)c1ccccc1)c1ccccc1. The summed E-state index contributed by atoms with van der Waals surface area (Å²) in [6.07, 6.45) is 0. The summed E-state index contributed by atoms with van der Waals surface area (Å²) in [7, 11) is -0.419. The third kappa shape index (κ3) is 3.83. The summed E-state index contributed by atoms with van der Waals surface area (Å²) in [5, 5.41) is 4.46. The highest BCUT2D eigenvalue weighted by atomic mass is 31.2. The zero-order valence-corrected chi connectivity index (χ0v) is 14.6.